The van der Waals surface area contributed by atoms with Gasteiger partial charge in [-0.1, -0.05) is 35.9 Å². The SMILES string of the molecule is Cc1ccc(Cl)cc1N1CCN(C(=NCc2ccc(F)cc2)Nc2cccc(C(=O)O)c2)CC1. The highest BCUT2D eigenvalue weighted by Gasteiger charge is 2.22. The highest BCUT2D eigenvalue weighted by molar-refractivity contribution is 6.30. The van der Waals surface area contributed by atoms with Crippen LogP contribution in [0.5, 0.6) is 0 Å². The van der Waals surface area contributed by atoms with E-state index in [1.54, 1.807) is 30.3 Å². The summed E-state index contributed by atoms with van der Waals surface area (Å²) in [6, 6.07) is 18.8. The molecule has 0 saturated carbocycles. The van der Waals surface area contributed by atoms with Crippen LogP contribution in [0.3, 0.4) is 0 Å². The van der Waals surface area contributed by atoms with Crippen LogP contribution in [0.15, 0.2) is 71.7 Å². The molecule has 0 bridgehead atoms. The Kier molecular flexibility index (Phi) is 7.33. The smallest absolute Gasteiger partial charge is 0.335 e. The molecule has 4 rings (SSSR count). The largest absolute Gasteiger partial charge is 0.478 e. The average molecular weight is 481 g/mol. The lowest BCUT2D eigenvalue weighted by molar-refractivity contribution is 0.0697. The number of carboxylic acids is 1. The third-order valence-electron chi connectivity index (χ3n) is 5.78. The standard InChI is InChI=1S/C26H26ClFN4O2/c1-18-5-8-21(27)16-24(18)31-11-13-32(14-12-31)26(29-17-19-6-9-22(28)10-7-19)30-23-4-2-3-20(15-23)25(33)34/h2-10,15-16H,11-14,17H2,1H3,(H,29,30)(H,33,34). The molecule has 8 heteroatoms. The first-order valence-electron chi connectivity index (χ1n) is 11.0. The number of halogens is 2. The van der Waals surface area contributed by atoms with Gasteiger partial charge in [0.15, 0.2) is 5.96 Å². The molecule has 1 aliphatic heterocycles. The van der Waals surface area contributed by atoms with Crippen LogP contribution in [0.1, 0.15) is 21.5 Å². The van der Waals surface area contributed by atoms with Crippen molar-refractivity contribution >= 4 is 34.9 Å². The predicted octanol–water partition coefficient (Wildman–Crippen LogP) is 5.28. The molecule has 3 aromatic rings. The van der Waals surface area contributed by atoms with Crippen molar-refractivity contribution in [1.82, 2.24) is 4.90 Å². The Balaban J connectivity index is 1.53. The molecule has 0 aromatic heterocycles. The minimum absolute atomic E-state index is 0.198. The van der Waals surface area contributed by atoms with Gasteiger partial charge >= 0.3 is 5.97 Å². The number of aryl methyl sites for hydroxylation is 1. The van der Waals surface area contributed by atoms with Crippen molar-refractivity contribution in [3.8, 4) is 0 Å². The number of aromatic carboxylic acids is 1. The van der Waals surface area contributed by atoms with Gasteiger partial charge in [0.05, 0.1) is 12.1 Å². The number of guanidine groups is 1. The zero-order valence-electron chi connectivity index (χ0n) is 18.8. The van der Waals surface area contributed by atoms with Crippen molar-refractivity contribution in [3.63, 3.8) is 0 Å². The van der Waals surface area contributed by atoms with E-state index in [2.05, 4.69) is 22.0 Å². The van der Waals surface area contributed by atoms with Crippen LogP contribution in [0, 0.1) is 12.7 Å². The maximum absolute atomic E-state index is 13.3. The lowest BCUT2D eigenvalue weighted by Gasteiger charge is -2.38. The Hall–Kier alpha value is -3.58. The number of carbonyl (C=O) groups is 1. The van der Waals surface area contributed by atoms with E-state index in [1.165, 1.54) is 17.7 Å². The molecule has 0 unspecified atom stereocenters. The van der Waals surface area contributed by atoms with Crippen molar-refractivity contribution in [3.05, 3.63) is 94.3 Å². The molecule has 0 aliphatic carbocycles. The number of aliphatic imine (C=N–C) groups is 1. The van der Waals surface area contributed by atoms with Gasteiger partial charge in [0, 0.05) is 42.6 Å². The van der Waals surface area contributed by atoms with Gasteiger partial charge in [-0.15, -0.1) is 0 Å². The number of hydrogen-bond donors (Lipinski definition) is 2. The lowest BCUT2D eigenvalue weighted by atomic mass is 10.1. The van der Waals surface area contributed by atoms with Crippen LogP contribution < -0.4 is 10.2 Å². The molecule has 0 radical (unpaired) electrons. The topological polar surface area (TPSA) is 68.2 Å². The summed E-state index contributed by atoms with van der Waals surface area (Å²) >= 11 is 6.22. The molecule has 1 fully saturated rings. The van der Waals surface area contributed by atoms with Crippen molar-refractivity contribution < 1.29 is 14.3 Å². The fourth-order valence-corrected chi connectivity index (χ4v) is 4.08. The number of nitrogens with one attached hydrogen (secondary N) is 1. The monoisotopic (exact) mass is 480 g/mol. The molecule has 0 atom stereocenters. The second-order valence-corrected chi connectivity index (χ2v) is 8.62. The molecule has 1 heterocycles. The summed E-state index contributed by atoms with van der Waals surface area (Å²) < 4.78 is 13.3. The van der Waals surface area contributed by atoms with E-state index in [-0.39, 0.29) is 11.4 Å². The second-order valence-electron chi connectivity index (χ2n) is 8.18. The van der Waals surface area contributed by atoms with Crippen LogP contribution >= 0.6 is 11.6 Å². The number of rotatable bonds is 5. The van der Waals surface area contributed by atoms with Gasteiger partial charge in [-0.2, -0.15) is 0 Å². The lowest BCUT2D eigenvalue weighted by Crippen LogP contribution is -2.51. The third kappa shape index (κ3) is 5.85. The minimum Gasteiger partial charge on any atom is -0.478 e. The number of nitrogens with zero attached hydrogens (tertiary/aromatic N) is 3. The van der Waals surface area contributed by atoms with E-state index < -0.39 is 5.97 Å². The number of piperazine rings is 1. The van der Waals surface area contributed by atoms with E-state index in [0.717, 1.165) is 37.4 Å². The second kappa shape index (κ2) is 10.6. The minimum atomic E-state index is -0.987. The van der Waals surface area contributed by atoms with E-state index in [0.29, 0.717) is 23.2 Å². The van der Waals surface area contributed by atoms with Crippen LogP contribution in [-0.2, 0) is 6.54 Å². The Morgan fingerprint density at radius 1 is 1.06 bits per heavy atom. The Morgan fingerprint density at radius 3 is 2.50 bits per heavy atom. The summed E-state index contributed by atoms with van der Waals surface area (Å²) in [5, 5.41) is 13.3. The van der Waals surface area contributed by atoms with Crippen LogP contribution in [0.25, 0.3) is 0 Å². The normalized spacial score (nSPS) is 14.3. The third-order valence-corrected chi connectivity index (χ3v) is 6.02. The van der Waals surface area contributed by atoms with Gasteiger partial charge in [0.2, 0.25) is 0 Å². The highest BCUT2D eigenvalue weighted by Crippen LogP contribution is 2.25. The van der Waals surface area contributed by atoms with Gasteiger partial charge < -0.3 is 20.2 Å². The number of carboxylic acid groups (broad SMARTS) is 1. The molecule has 0 spiro atoms. The first kappa shape index (κ1) is 23.6. The maximum atomic E-state index is 13.3. The van der Waals surface area contributed by atoms with E-state index in [9.17, 15) is 14.3 Å². The van der Waals surface area contributed by atoms with Gasteiger partial charge in [0.25, 0.3) is 0 Å². The summed E-state index contributed by atoms with van der Waals surface area (Å²) in [4.78, 5) is 20.6. The molecule has 0 amide bonds. The fourth-order valence-electron chi connectivity index (χ4n) is 3.92. The zero-order chi connectivity index (χ0) is 24.1. The van der Waals surface area contributed by atoms with E-state index in [1.807, 2.05) is 24.3 Å². The fraction of sp³-hybridized carbons (Fsp3) is 0.231. The number of benzene rings is 3. The molecule has 2 N–H and O–H groups in total. The first-order valence-corrected chi connectivity index (χ1v) is 11.4. The van der Waals surface area contributed by atoms with Gasteiger partial charge in [-0.25, -0.2) is 14.2 Å². The molecular weight excluding hydrogens is 455 g/mol. The van der Waals surface area contributed by atoms with Crippen LogP contribution in [-0.4, -0.2) is 48.1 Å². The summed E-state index contributed by atoms with van der Waals surface area (Å²) in [6.07, 6.45) is 0. The molecule has 1 aliphatic rings. The van der Waals surface area contributed by atoms with Crippen molar-refractivity contribution in [2.24, 2.45) is 4.99 Å². The van der Waals surface area contributed by atoms with Crippen molar-refractivity contribution in [2.75, 3.05) is 36.4 Å². The molecule has 1 saturated heterocycles. The summed E-state index contributed by atoms with van der Waals surface area (Å²) in [5.41, 5.74) is 4.02. The summed E-state index contributed by atoms with van der Waals surface area (Å²) in [6.45, 7) is 5.46. The average Bonchev–Trinajstić information content (AvgIpc) is 2.84. The Bertz CT molecular complexity index is 1190. The van der Waals surface area contributed by atoms with Crippen LogP contribution in [0.4, 0.5) is 15.8 Å². The molecular formula is C26H26ClFN4O2. The van der Waals surface area contributed by atoms with E-state index in [4.69, 9.17) is 16.6 Å². The molecule has 34 heavy (non-hydrogen) atoms. The maximum Gasteiger partial charge on any atom is 0.335 e. The summed E-state index contributed by atoms with van der Waals surface area (Å²) in [5.74, 6) is -0.628. The zero-order valence-corrected chi connectivity index (χ0v) is 19.6. The van der Waals surface area contributed by atoms with E-state index >= 15 is 0 Å². The Labute approximate surface area is 203 Å². The molecule has 3 aromatic carbocycles. The first-order chi connectivity index (χ1) is 16.4. The van der Waals surface area contributed by atoms with Gasteiger partial charge in [-0.3, -0.25) is 0 Å². The summed E-state index contributed by atoms with van der Waals surface area (Å²) in [7, 11) is 0. The van der Waals surface area contributed by atoms with Gasteiger partial charge in [0.1, 0.15) is 5.82 Å². The quantitative estimate of drug-likeness (QED) is 0.384. The van der Waals surface area contributed by atoms with Crippen LogP contribution in [0.2, 0.25) is 5.02 Å². The highest BCUT2D eigenvalue weighted by atomic mass is 35.5. The number of hydrogen-bond acceptors (Lipinski definition) is 3. The molecule has 176 valence electrons. The van der Waals surface area contributed by atoms with Crippen molar-refractivity contribution in [2.45, 2.75) is 13.5 Å². The molecule has 6 nitrogen and oxygen atoms in total. The number of anilines is 2. The predicted molar refractivity (Wildman–Crippen MR) is 135 cm³/mol. The van der Waals surface area contributed by atoms with Crippen molar-refractivity contribution in [1.29, 1.82) is 0 Å². The van der Waals surface area contributed by atoms with Gasteiger partial charge in [-0.05, 0) is 60.5 Å². The Morgan fingerprint density at radius 2 is 1.79 bits per heavy atom.